The molecule has 7 heteroatoms. The summed E-state index contributed by atoms with van der Waals surface area (Å²) in [5.74, 6) is -1.56. The summed E-state index contributed by atoms with van der Waals surface area (Å²) in [7, 11) is 1.48. The van der Waals surface area contributed by atoms with Crippen molar-refractivity contribution in [3.63, 3.8) is 0 Å². The first-order valence-electron chi connectivity index (χ1n) is 7.90. The van der Waals surface area contributed by atoms with E-state index < -0.39 is 11.9 Å². The maximum absolute atomic E-state index is 12.4. The Bertz CT molecular complexity index is 644. The molecule has 24 heavy (non-hydrogen) atoms. The predicted molar refractivity (Wildman–Crippen MR) is 89.0 cm³/mol. The fraction of sp³-hybridized carbons (Fsp3) is 0.471. The molecule has 1 aliphatic rings. The fourth-order valence-corrected chi connectivity index (χ4v) is 2.96. The molecule has 1 fully saturated rings. The number of methoxy groups -OCH3 is 1. The maximum atomic E-state index is 12.4. The number of nitrogens with one attached hydrogen (secondary N) is 2. The lowest BCUT2D eigenvalue weighted by atomic mass is 9.81. The zero-order valence-electron chi connectivity index (χ0n) is 13.8. The number of amides is 2. The molecule has 0 aliphatic heterocycles. The van der Waals surface area contributed by atoms with Gasteiger partial charge >= 0.3 is 5.97 Å². The molecule has 2 rings (SSSR count). The van der Waals surface area contributed by atoms with Gasteiger partial charge in [-0.1, -0.05) is 6.42 Å². The van der Waals surface area contributed by atoms with Crippen LogP contribution in [0.4, 0.5) is 11.4 Å². The number of rotatable bonds is 5. The van der Waals surface area contributed by atoms with Gasteiger partial charge in [0.1, 0.15) is 5.75 Å². The second kappa shape index (κ2) is 7.81. The van der Waals surface area contributed by atoms with Crippen LogP contribution in [0.1, 0.15) is 32.6 Å². The molecular weight excluding hydrogens is 312 g/mol. The van der Waals surface area contributed by atoms with Gasteiger partial charge < -0.3 is 20.5 Å². The van der Waals surface area contributed by atoms with E-state index in [1.807, 2.05) is 0 Å². The lowest BCUT2D eigenvalue weighted by Crippen LogP contribution is -2.30. The van der Waals surface area contributed by atoms with Crippen LogP contribution in [-0.4, -0.2) is 30.0 Å². The summed E-state index contributed by atoms with van der Waals surface area (Å²) < 4.78 is 5.22. The van der Waals surface area contributed by atoms with E-state index in [9.17, 15) is 14.4 Å². The molecule has 0 spiro atoms. The van der Waals surface area contributed by atoms with E-state index in [0.717, 1.165) is 6.42 Å². The molecule has 2 atom stereocenters. The van der Waals surface area contributed by atoms with Crippen LogP contribution in [0.5, 0.6) is 5.75 Å². The number of benzene rings is 1. The van der Waals surface area contributed by atoms with Gasteiger partial charge in [0, 0.05) is 24.6 Å². The third-order valence-corrected chi connectivity index (χ3v) is 4.17. The van der Waals surface area contributed by atoms with E-state index in [-0.39, 0.29) is 17.7 Å². The Labute approximate surface area is 140 Å². The zero-order chi connectivity index (χ0) is 17.7. The number of carbonyl (C=O) groups is 3. The van der Waals surface area contributed by atoms with Gasteiger partial charge in [0.2, 0.25) is 11.8 Å². The zero-order valence-corrected chi connectivity index (χ0v) is 13.8. The first-order valence-corrected chi connectivity index (χ1v) is 7.90. The van der Waals surface area contributed by atoms with Crippen LogP contribution in [0.3, 0.4) is 0 Å². The number of carboxylic acids is 1. The van der Waals surface area contributed by atoms with E-state index in [4.69, 9.17) is 9.84 Å². The van der Waals surface area contributed by atoms with Crippen molar-refractivity contribution in [2.24, 2.45) is 11.8 Å². The molecule has 3 N–H and O–H groups in total. The van der Waals surface area contributed by atoms with Crippen molar-refractivity contribution in [3.05, 3.63) is 18.2 Å². The van der Waals surface area contributed by atoms with Gasteiger partial charge in [0.05, 0.1) is 18.7 Å². The molecular formula is C17H22N2O5. The molecule has 130 valence electrons. The Morgan fingerprint density at radius 2 is 1.88 bits per heavy atom. The van der Waals surface area contributed by atoms with Gasteiger partial charge in [-0.15, -0.1) is 0 Å². The highest BCUT2D eigenvalue weighted by Crippen LogP contribution is 2.32. The van der Waals surface area contributed by atoms with Gasteiger partial charge in [-0.05, 0) is 31.4 Å². The summed E-state index contributed by atoms with van der Waals surface area (Å²) in [5.41, 5.74) is 1.06. The van der Waals surface area contributed by atoms with E-state index >= 15 is 0 Å². The SMILES string of the molecule is COc1cc(NC(=O)C2CCCC(C(=O)O)C2)ccc1NC(C)=O. The highest BCUT2D eigenvalue weighted by atomic mass is 16.5. The molecule has 0 aromatic heterocycles. The van der Waals surface area contributed by atoms with Crippen LogP contribution in [-0.2, 0) is 14.4 Å². The molecule has 0 saturated heterocycles. The number of hydrogen-bond acceptors (Lipinski definition) is 4. The highest BCUT2D eigenvalue weighted by Gasteiger charge is 2.31. The van der Waals surface area contributed by atoms with E-state index in [1.54, 1.807) is 18.2 Å². The molecule has 1 aromatic carbocycles. The van der Waals surface area contributed by atoms with Crippen molar-refractivity contribution in [2.75, 3.05) is 17.7 Å². The third-order valence-electron chi connectivity index (χ3n) is 4.17. The minimum Gasteiger partial charge on any atom is -0.494 e. The molecule has 1 saturated carbocycles. The second-order valence-electron chi connectivity index (χ2n) is 5.98. The molecule has 0 radical (unpaired) electrons. The van der Waals surface area contributed by atoms with Crippen molar-refractivity contribution >= 4 is 29.2 Å². The van der Waals surface area contributed by atoms with E-state index in [0.29, 0.717) is 36.4 Å². The number of carboxylic acid groups (broad SMARTS) is 1. The van der Waals surface area contributed by atoms with Crippen LogP contribution in [0.2, 0.25) is 0 Å². The van der Waals surface area contributed by atoms with Crippen LogP contribution in [0.25, 0.3) is 0 Å². The normalized spacial score (nSPS) is 20.1. The molecule has 7 nitrogen and oxygen atoms in total. The van der Waals surface area contributed by atoms with E-state index in [2.05, 4.69) is 10.6 Å². The molecule has 0 heterocycles. The quantitative estimate of drug-likeness (QED) is 0.767. The van der Waals surface area contributed by atoms with Gasteiger partial charge in [-0.2, -0.15) is 0 Å². The third kappa shape index (κ3) is 4.47. The van der Waals surface area contributed by atoms with Crippen molar-refractivity contribution in [1.29, 1.82) is 0 Å². The minimum atomic E-state index is -0.839. The van der Waals surface area contributed by atoms with Gasteiger partial charge in [0.25, 0.3) is 0 Å². The molecule has 2 amide bonds. The lowest BCUT2D eigenvalue weighted by Gasteiger charge is -2.25. The largest absolute Gasteiger partial charge is 0.494 e. The van der Waals surface area contributed by atoms with E-state index in [1.165, 1.54) is 14.0 Å². The van der Waals surface area contributed by atoms with Crippen LogP contribution < -0.4 is 15.4 Å². The summed E-state index contributed by atoms with van der Waals surface area (Å²) in [4.78, 5) is 34.6. The monoisotopic (exact) mass is 334 g/mol. The molecule has 2 unspecified atom stereocenters. The first kappa shape index (κ1) is 17.8. The van der Waals surface area contributed by atoms with Gasteiger partial charge in [0.15, 0.2) is 0 Å². The first-order chi connectivity index (χ1) is 11.4. The number of anilines is 2. The Kier molecular flexibility index (Phi) is 5.78. The number of aliphatic carboxylic acids is 1. The summed E-state index contributed by atoms with van der Waals surface area (Å²) in [6.07, 6.45) is 2.41. The molecule has 1 aromatic rings. The number of hydrogen-bond donors (Lipinski definition) is 3. The molecule has 0 bridgehead atoms. The Morgan fingerprint density at radius 3 is 2.50 bits per heavy atom. The molecule has 1 aliphatic carbocycles. The van der Waals surface area contributed by atoms with Crippen LogP contribution >= 0.6 is 0 Å². The number of carbonyl (C=O) groups excluding carboxylic acids is 2. The summed E-state index contributed by atoms with van der Waals surface area (Å²) in [6.45, 7) is 1.40. The van der Waals surface area contributed by atoms with Crippen molar-refractivity contribution in [3.8, 4) is 5.75 Å². The maximum Gasteiger partial charge on any atom is 0.306 e. The van der Waals surface area contributed by atoms with Crippen molar-refractivity contribution in [1.82, 2.24) is 0 Å². The van der Waals surface area contributed by atoms with Crippen LogP contribution in [0, 0.1) is 11.8 Å². The standard InChI is InChI=1S/C17H22N2O5/c1-10(20)18-14-7-6-13(9-15(14)24-2)19-16(21)11-4-3-5-12(8-11)17(22)23/h6-7,9,11-12H,3-5,8H2,1-2H3,(H,18,20)(H,19,21)(H,22,23). The smallest absolute Gasteiger partial charge is 0.306 e. The summed E-state index contributed by atoms with van der Waals surface area (Å²) >= 11 is 0. The average molecular weight is 334 g/mol. The summed E-state index contributed by atoms with van der Waals surface area (Å²) in [6, 6.07) is 4.95. The minimum absolute atomic E-state index is 0.185. The second-order valence-corrected chi connectivity index (χ2v) is 5.98. The van der Waals surface area contributed by atoms with Crippen molar-refractivity contribution in [2.45, 2.75) is 32.6 Å². The Hall–Kier alpha value is -2.57. The Morgan fingerprint density at radius 1 is 1.17 bits per heavy atom. The number of ether oxygens (including phenoxy) is 1. The van der Waals surface area contributed by atoms with Crippen LogP contribution in [0.15, 0.2) is 18.2 Å². The fourth-order valence-electron chi connectivity index (χ4n) is 2.96. The van der Waals surface area contributed by atoms with Gasteiger partial charge in [-0.25, -0.2) is 0 Å². The topological polar surface area (TPSA) is 105 Å². The highest BCUT2D eigenvalue weighted by molar-refractivity contribution is 5.95. The average Bonchev–Trinajstić information content (AvgIpc) is 2.55. The lowest BCUT2D eigenvalue weighted by molar-refractivity contribution is -0.143. The predicted octanol–water partition coefficient (Wildman–Crippen LogP) is 2.48. The van der Waals surface area contributed by atoms with Gasteiger partial charge in [-0.3, -0.25) is 14.4 Å². The van der Waals surface area contributed by atoms with Crippen molar-refractivity contribution < 1.29 is 24.2 Å². The Balaban J connectivity index is 2.05. The summed E-state index contributed by atoms with van der Waals surface area (Å²) in [5, 5.41) is 14.6.